The highest BCUT2D eigenvalue weighted by Crippen LogP contribution is 2.57. The number of carbonyl (C=O) groups is 5. The second kappa shape index (κ2) is 9.15. The minimum atomic E-state index is -1.18. The number of amides is 2. The highest BCUT2D eigenvalue weighted by Gasteiger charge is 2.57. The van der Waals surface area contributed by atoms with Crippen molar-refractivity contribution in [3.05, 3.63) is 88.0 Å². The van der Waals surface area contributed by atoms with Gasteiger partial charge in [0.15, 0.2) is 23.1 Å². The number of para-hydroxylation sites is 1. The van der Waals surface area contributed by atoms with Gasteiger partial charge < -0.3 is 14.9 Å². The molecule has 1 aliphatic heterocycles. The summed E-state index contributed by atoms with van der Waals surface area (Å²) in [6.45, 7) is 1.57. The molecule has 1 fully saturated rings. The number of carboxylic acids is 1. The number of phenols is 1. The van der Waals surface area contributed by atoms with E-state index in [9.17, 15) is 34.2 Å². The zero-order valence-corrected chi connectivity index (χ0v) is 21.7. The average Bonchev–Trinajstić information content (AvgIpc) is 3.20. The number of ketones is 2. The first-order chi connectivity index (χ1) is 19.1. The summed E-state index contributed by atoms with van der Waals surface area (Å²) in [6, 6.07) is 10.6. The van der Waals surface area contributed by atoms with Gasteiger partial charge in [-0.3, -0.25) is 24.1 Å². The van der Waals surface area contributed by atoms with Gasteiger partial charge in [-0.25, -0.2) is 4.79 Å². The molecule has 2 aromatic rings. The van der Waals surface area contributed by atoms with E-state index in [0.29, 0.717) is 11.1 Å². The van der Waals surface area contributed by atoms with Crippen molar-refractivity contribution >= 4 is 35.0 Å². The number of Topliss-reactive ketones (excluding diaryl/α,β-unsaturated/α-hetero) is 1. The van der Waals surface area contributed by atoms with E-state index < -0.39 is 41.5 Å². The number of aromatic carboxylic acids is 1. The van der Waals surface area contributed by atoms with Gasteiger partial charge in [0.1, 0.15) is 0 Å². The maximum Gasteiger partial charge on any atom is 0.335 e. The second-order valence-electron chi connectivity index (χ2n) is 10.5. The van der Waals surface area contributed by atoms with Gasteiger partial charge in [0, 0.05) is 28.2 Å². The number of methoxy groups -OCH3 is 1. The van der Waals surface area contributed by atoms with E-state index in [1.165, 1.54) is 37.5 Å². The van der Waals surface area contributed by atoms with Crippen molar-refractivity contribution in [2.45, 2.75) is 25.7 Å². The van der Waals surface area contributed by atoms with Crippen LogP contribution in [-0.2, 0) is 19.2 Å². The number of benzene rings is 2. The molecule has 202 valence electrons. The van der Waals surface area contributed by atoms with Crippen LogP contribution in [0.4, 0.5) is 5.69 Å². The summed E-state index contributed by atoms with van der Waals surface area (Å²) in [5.41, 5.74) is 2.03. The van der Waals surface area contributed by atoms with Crippen LogP contribution in [0.25, 0.3) is 0 Å². The Kier molecular flexibility index (Phi) is 5.83. The molecule has 2 amide bonds. The van der Waals surface area contributed by atoms with E-state index in [1.807, 2.05) is 6.08 Å². The quantitative estimate of drug-likeness (QED) is 0.341. The van der Waals surface area contributed by atoms with Crippen molar-refractivity contribution in [1.29, 1.82) is 0 Å². The van der Waals surface area contributed by atoms with E-state index in [0.717, 1.165) is 4.90 Å². The first-order valence-electron chi connectivity index (χ1n) is 12.9. The van der Waals surface area contributed by atoms with Crippen molar-refractivity contribution in [3.8, 4) is 11.5 Å². The van der Waals surface area contributed by atoms with Gasteiger partial charge in [-0.05, 0) is 56.0 Å². The number of hydrogen-bond donors (Lipinski definition) is 2. The lowest BCUT2D eigenvalue weighted by Crippen LogP contribution is -2.39. The second-order valence-corrected chi connectivity index (χ2v) is 10.5. The third-order valence-corrected chi connectivity index (χ3v) is 8.47. The molecule has 4 atom stereocenters. The Morgan fingerprint density at radius 2 is 1.77 bits per heavy atom. The third-order valence-electron chi connectivity index (χ3n) is 8.47. The minimum Gasteiger partial charge on any atom is -0.504 e. The van der Waals surface area contributed by atoms with E-state index in [2.05, 4.69) is 0 Å². The van der Waals surface area contributed by atoms with Gasteiger partial charge in [0.25, 0.3) is 0 Å². The van der Waals surface area contributed by atoms with Crippen LogP contribution in [0.2, 0.25) is 0 Å². The van der Waals surface area contributed by atoms with Crippen molar-refractivity contribution in [1.82, 2.24) is 0 Å². The van der Waals surface area contributed by atoms with Gasteiger partial charge >= 0.3 is 5.97 Å². The Morgan fingerprint density at radius 3 is 2.50 bits per heavy atom. The summed E-state index contributed by atoms with van der Waals surface area (Å²) in [4.78, 5) is 66.9. The van der Waals surface area contributed by atoms with E-state index in [4.69, 9.17) is 4.74 Å². The first-order valence-corrected chi connectivity index (χ1v) is 12.9. The Morgan fingerprint density at radius 1 is 1.02 bits per heavy atom. The molecule has 2 N–H and O–H groups in total. The molecule has 4 aliphatic rings. The molecule has 0 bridgehead atoms. The number of nitrogens with zero attached hydrogens (tertiary/aromatic N) is 1. The van der Waals surface area contributed by atoms with E-state index in [-0.39, 0.29) is 63.9 Å². The van der Waals surface area contributed by atoms with Gasteiger partial charge in [-0.2, -0.15) is 0 Å². The zero-order chi connectivity index (χ0) is 28.5. The number of phenolic OH excluding ortho intramolecular Hbond substituents is 1. The molecule has 9 heteroatoms. The molecule has 3 aliphatic carbocycles. The predicted molar refractivity (Wildman–Crippen MR) is 142 cm³/mol. The SMILES string of the molecule is COc1cccc([C@H]2C3=CC[C@@H]4C(=O)N(c5cccc(C(=O)O)c5)C(=O)[C@@H]4[C@@H]3CC3=C2C(=O)C=C(C)C3=O)c1O. The van der Waals surface area contributed by atoms with Crippen LogP contribution in [0.5, 0.6) is 11.5 Å². The number of fused-ring (bicyclic) bond motifs is 3. The van der Waals surface area contributed by atoms with Gasteiger partial charge in [-0.15, -0.1) is 0 Å². The maximum atomic E-state index is 13.9. The molecular formula is C31H25NO8. The van der Waals surface area contributed by atoms with Crippen molar-refractivity contribution in [2.75, 3.05) is 12.0 Å². The smallest absolute Gasteiger partial charge is 0.335 e. The number of imide groups is 1. The molecule has 0 spiro atoms. The largest absolute Gasteiger partial charge is 0.504 e. The molecule has 9 nitrogen and oxygen atoms in total. The van der Waals surface area contributed by atoms with Crippen molar-refractivity contribution in [3.63, 3.8) is 0 Å². The molecule has 0 radical (unpaired) electrons. The van der Waals surface area contributed by atoms with Crippen LogP contribution in [0, 0.1) is 17.8 Å². The monoisotopic (exact) mass is 539 g/mol. The fourth-order valence-corrected chi connectivity index (χ4v) is 6.71. The number of allylic oxidation sites excluding steroid dienone is 6. The summed E-state index contributed by atoms with van der Waals surface area (Å²) < 4.78 is 5.31. The standard InChI is InChI=1S/C31H25NO8/c1-14-11-22(33)26-21(27(14)34)13-20-17(24(26)18-7-4-8-23(40-2)28(18)35)9-10-19-25(20)30(37)32(29(19)36)16-6-3-5-15(12-16)31(38)39/h3-9,11-12,19-20,24-25,35H,10,13H2,1-2H3,(H,38,39)/t19-,20+,24+,25-/m0/s1. The number of carboxylic acid groups (broad SMARTS) is 1. The number of ether oxygens (including phenoxy) is 1. The van der Waals surface area contributed by atoms with Crippen molar-refractivity contribution < 1.29 is 38.9 Å². The van der Waals surface area contributed by atoms with Crippen LogP contribution in [-0.4, -0.2) is 46.7 Å². The lowest BCUT2D eigenvalue weighted by Gasteiger charge is -2.42. The van der Waals surface area contributed by atoms with E-state index >= 15 is 0 Å². The summed E-state index contributed by atoms with van der Waals surface area (Å²) in [6.07, 6.45) is 3.47. The Hall–Kier alpha value is -4.79. The molecular weight excluding hydrogens is 514 g/mol. The molecule has 6 rings (SSSR count). The number of carbonyl (C=O) groups excluding carboxylic acids is 4. The Labute approximate surface area is 229 Å². The van der Waals surface area contributed by atoms with Crippen LogP contribution in [0.15, 0.2) is 76.9 Å². The molecule has 1 heterocycles. The molecule has 0 saturated carbocycles. The van der Waals surface area contributed by atoms with Crippen LogP contribution >= 0.6 is 0 Å². The normalized spacial score (nSPS) is 25.7. The number of rotatable bonds is 4. The number of aromatic hydroxyl groups is 1. The fraction of sp³-hybridized carbons (Fsp3) is 0.258. The van der Waals surface area contributed by atoms with Crippen LogP contribution in [0.3, 0.4) is 0 Å². The fourth-order valence-electron chi connectivity index (χ4n) is 6.71. The van der Waals surface area contributed by atoms with Gasteiger partial charge in [0.2, 0.25) is 11.8 Å². The highest BCUT2D eigenvalue weighted by atomic mass is 16.5. The lowest BCUT2D eigenvalue weighted by molar-refractivity contribution is -0.123. The Balaban J connectivity index is 1.49. The zero-order valence-electron chi connectivity index (χ0n) is 21.7. The van der Waals surface area contributed by atoms with E-state index in [1.54, 1.807) is 25.1 Å². The summed E-state index contributed by atoms with van der Waals surface area (Å²) >= 11 is 0. The molecule has 1 saturated heterocycles. The topological polar surface area (TPSA) is 138 Å². The molecule has 40 heavy (non-hydrogen) atoms. The van der Waals surface area contributed by atoms with Crippen LogP contribution < -0.4 is 9.64 Å². The minimum absolute atomic E-state index is 0.0543. The first kappa shape index (κ1) is 25.5. The molecule has 0 aromatic heterocycles. The molecule has 2 aromatic carbocycles. The summed E-state index contributed by atoms with van der Waals surface area (Å²) in [5, 5.41) is 20.5. The Bertz CT molecular complexity index is 1640. The third kappa shape index (κ3) is 3.57. The van der Waals surface area contributed by atoms with Gasteiger partial charge in [-0.1, -0.05) is 29.8 Å². The number of anilines is 1. The highest BCUT2D eigenvalue weighted by molar-refractivity contribution is 6.25. The maximum absolute atomic E-state index is 13.9. The predicted octanol–water partition coefficient (Wildman–Crippen LogP) is 3.73. The lowest BCUT2D eigenvalue weighted by atomic mass is 9.59. The number of hydrogen-bond acceptors (Lipinski definition) is 7. The van der Waals surface area contributed by atoms with Crippen molar-refractivity contribution in [2.24, 2.45) is 17.8 Å². The molecule has 0 unspecified atom stereocenters. The summed E-state index contributed by atoms with van der Waals surface area (Å²) in [7, 11) is 1.41. The van der Waals surface area contributed by atoms with Crippen LogP contribution in [0.1, 0.15) is 41.6 Å². The summed E-state index contributed by atoms with van der Waals surface area (Å²) in [5.74, 6) is -5.61. The van der Waals surface area contributed by atoms with Gasteiger partial charge in [0.05, 0.1) is 30.2 Å². The average molecular weight is 540 g/mol.